The van der Waals surface area contributed by atoms with Gasteiger partial charge in [0.1, 0.15) is 17.2 Å². The molecule has 30 heavy (non-hydrogen) atoms. The third-order valence-electron chi connectivity index (χ3n) is 4.24. The summed E-state index contributed by atoms with van der Waals surface area (Å²) in [5.41, 5.74) is 7.68. The Morgan fingerprint density at radius 3 is 2.47 bits per heavy atom. The van der Waals surface area contributed by atoms with Crippen LogP contribution in [0.5, 0.6) is 0 Å². The topological polar surface area (TPSA) is 150 Å². The van der Waals surface area contributed by atoms with Gasteiger partial charge in [0.15, 0.2) is 6.29 Å². The number of pyridine rings is 1. The number of aromatic nitrogens is 1. The van der Waals surface area contributed by atoms with E-state index in [0.29, 0.717) is 29.6 Å². The Morgan fingerprint density at radius 2 is 1.80 bits per heavy atom. The number of nitrogens with two attached hydrogens (primary N) is 1. The van der Waals surface area contributed by atoms with Crippen LogP contribution in [-0.2, 0) is 9.59 Å². The van der Waals surface area contributed by atoms with Crippen molar-refractivity contribution in [1.29, 1.82) is 5.41 Å². The maximum absolute atomic E-state index is 12.5. The molecule has 0 unspecified atom stereocenters. The fourth-order valence-corrected chi connectivity index (χ4v) is 2.68. The van der Waals surface area contributed by atoms with Crippen molar-refractivity contribution >= 4 is 52.3 Å². The molecule has 1 aromatic heterocycles. The molecule has 1 heterocycles. The van der Waals surface area contributed by atoms with Gasteiger partial charge in [0.25, 0.3) is 5.91 Å². The standard InChI is InChI=1S/C21H18N6O3/c22-20(23)14-2-1-13-8-19(25-9-15(13)7-14)21(30)27-17-5-3-16(4-6-17)24-10-18(11-28)26-12-29/h1-9,11-12,24H,10H2,(H3,22,23)(H,27,30). The molecule has 9 heteroatoms. The van der Waals surface area contributed by atoms with Crippen molar-refractivity contribution in [2.45, 2.75) is 0 Å². The van der Waals surface area contributed by atoms with Gasteiger partial charge in [-0.3, -0.25) is 24.8 Å². The molecule has 9 nitrogen and oxygen atoms in total. The van der Waals surface area contributed by atoms with Gasteiger partial charge < -0.3 is 16.4 Å². The molecule has 0 radical (unpaired) electrons. The Labute approximate surface area is 171 Å². The lowest BCUT2D eigenvalue weighted by Gasteiger charge is -2.09. The first-order valence-corrected chi connectivity index (χ1v) is 8.85. The average Bonchev–Trinajstić information content (AvgIpc) is 2.76. The molecule has 3 rings (SSSR count). The minimum Gasteiger partial charge on any atom is -0.384 e. The van der Waals surface area contributed by atoms with E-state index in [9.17, 15) is 14.4 Å². The number of hydrogen-bond acceptors (Lipinski definition) is 6. The van der Waals surface area contributed by atoms with Gasteiger partial charge >= 0.3 is 0 Å². The molecule has 5 N–H and O–H groups in total. The van der Waals surface area contributed by atoms with Crippen LogP contribution in [0, 0.1) is 5.41 Å². The highest BCUT2D eigenvalue weighted by Gasteiger charge is 2.10. The SMILES string of the molecule is N=C(N)c1ccc2cc(C(=O)Nc3ccc(NCC(C=O)=NC=O)cc3)ncc2c1. The fraction of sp³-hybridized carbons (Fsp3) is 0.0476. The molecule has 0 saturated heterocycles. The molecule has 3 aromatic rings. The number of hydrogen-bond donors (Lipinski definition) is 4. The zero-order valence-corrected chi connectivity index (χ0v) is 15.8. The lowest BCUT2D eigenvalue weighted by Crippen LogP contribution is -2.16. The Bertz CT molecular complexity index is 1160. The lowest BCUT2D eigenvalue weighted by atomic mass is 10.1. The van der Waals surface area contributed by atoms with E-state index in [4.69, 9.17) is 11.1 Å². The maximum Gasteiger partial charge on any atom is 0.274 e. The van der Waals surface area contributed by atoms with E-state index < -0.39 is 0 Å². The first-order chi connectivity index (χ1) is 14.5. The number of fused-ring (bicyclic) bond motifs is 1. The minimum atomic E-state index is -0.366. The molecule has 2 amide bonds. The number of anilines is 2. The van der Waals surface area contributed by atoms with Gasteiger partial charge in [0.05, 0.1) is 6.54 Å². The van der Waals surface area contributed by atoms with Gasteiger partial charge in [0, 0.05) is 28.5 Å². The van der Waals surface area contributed by atoms with E-state index in [-0.39, 0.29) is 29.7 Å². The van der Waals surface area contributed by atoms with E-state index in [2.05, 4.69) is 20.6 Å². The van der Waals surface area contributed by atoms with Crippen LogP contribution in [0.3, 0.4) is 0 Å². The molecule has 2 aromatic carbocycles. The number of carbonyl (C=O) groups excluding carboxylic acids is 3. The lowest BCUT2D eigenvalue weighted by molar-refractivity contribution is -0.107. The summed E-state index contributed by atoms with van der Waals surface area (Å²) in [6.07, 6.45) is 2.38. The van der Waals surface area contributed by atoms with Gasteiger partial charge in [-0.05, 0) is 41.8 Å². The third-order valence-corrected chi connectivity index (χ3v) is 4.24. The number of amides is 2. The van der Waals surface area contributed by atoms with Crippen LogP contribution >= 0.6 is 0 Å². The molecule has 0 aliphatic heterocycles. The Kier molecular flexibility index (Phi) is 6.23. The quantitative estimate of drug-likeness (QED) is 0.257. The molecule has 0 aliphatic rings. The number of rotatable bonds is 8. The molecule has 0 atom stereocenters. The summed E-state index contributed by atoms with van der Waals surface area (Å²) in [4.78, 5) is 41.2. The minimum absolute atomic E-state index is 0.0323. The van der Waals surface area contributed by atoms with Crippen molar-refractivity contribution in [2.75, 3.05) is 17.2 Å². The van der Waals surface area contributed by atoms with Gasteiger partial charge in [-0.1, -0.05) is 12.1 Å². The first-order valence-electron chi connectivity index (χ1n) is 8.85. The summed E-state index contributed by atoms with van der Waals surface area (Å²) >= 11 is 0. The third kappa shape index (κ3) is 4.90. The number of nitrogen functional groups attached to an aromatic ring is 1. The molecular weight excluding hydrogens is 384 g/mol. The number of amidine groups is 1. The molecular formula is C21H18N6O3. The highest BCUT2D eigenvalue weighted by molar-refractivity contribution is 6.31. The van der Waals surface area contributed by atoms with Crippen molar-refractivity contribution in [3.63, 3.8) is 0 Å². The monoisotopic (exact) mass is 402 g/mol. The van der Waals surface area contributed by atoms with Crippen LogP contribution in [0.4, 0.5) is 11.4 Å². The zero-order valence-electron chi connectivity index (χ0n) is 15.8. The molecule has 0 fully saturated rings. The van der Waals surface area contributed by atoms with E-state index >= 15 is 0 Å². The molecule has 150 valence electrons. The smallest absolute Gasteiger partial charge is 0.274 e. The second-order valence-electron chi connectivity index (χ2n) is 6.27. The fourth-order valence-electron chi connectivity index (χ4n) is 2.68. The van der Waals surface area contributed by atoms with Crippen LogP contribution in [0.15, 0.2) is 59.7 Å². The van der Waals surface area contributed by atoms with Crippen molar-refractivity contribution in [3.05, 3.63) is 66.0 Å². The number of nitrogens with zero attached hydrogens (tertiary/aromatic N) is 2. The zero-order chi connectivity index (χ0) is 21.5. The van der Waals surface area contributed by atoms with Crippen molar-refractivity contribution in [1.82, 2.24) is 4.98 Å². The van der Waals surface area contributed by atoms with E-state index in [1.165, 1.54) is 0 Å². The largest absolute Gasteiger partial charge is 0.384 e. The van der Waals surface area contributed by atoms with Gasteiger partial charge in [-0.15, -0.1) is 0 Å². The number of aliphatic imine (C=N–C) groups is 1. The number of benzene rings is 2. The number of nitrogens with one attached hydrogen (secondary N) is 3. The molecule has 0 spiro atoms. The van der Waals surface area contributed by atoms with E-state index in [0.717, 1.165) is 10.8 Å². The summed E-state index contributed by atoms with van der Waals surface area (Å²) in [5.74, 6) is -0.398. The predicted octanol–water partition coefficient (Wildman–Crippen LogP) is 1.98. The van der Waals surface area contributed by atoms with Gasteiger partial charge in [0.2, 0.25) is 6.41 Å². The highest BCUT2D eigenvalue weighted by atomic mass is 16.2. The summed E-state index contributed by atoms with van der Waals surface area (Å²) in [6.45, 7) is 0.111. The Morgan fingerprint density at radius 1 is 1.07 bits per heavy atom. The van der Waals surface area contributed by atoms with Crippen molar-refractivity contribution in [3.8, 4) is 0 Å². The van der Waals surface area contributed by atoms with Crippen LogP contribution in [-0.4, -0.2) is 41.7 Å². The van der Waals surface area contributed by atoms with Crippen LogP contribution < -0.4 is 16.4 Å². The van der Waals surface area contributed by atoms with Gasteiger partial charge in [-0.2, -0.15) is 0 Å². The highest BCUT2D eigenvalue weighted by Crippen LogP contribution is 2.18. The normalized spacial score (nSPS) is 11.0. The average molecular weight is 402 g/mol. The summed E-state index contributed by atoms with van der Waals surface area (Å²) in [7, 11) is 0. The maximum atomic E-state index is 12.5. The molecule has 0 bridgehead atoms. The van der Waals surface area contributed by atoms with E-state index in [1.807, 2.05) is 0 Å². The molecule has 0 saturated carbocycles. The first kappa shape index (κ1) is 20.3. The predicted molar refractivity (Wildman–Crippen MR) is 115 cm³/mol. The van der Waals surface area contributed by atoms with Crippen molar-refractivity contribution < 1.29 is 14.4 Å². The summed E-state index contributed by atoms with van der Waals surface area (Å²) in [6, 6.07) is 13.7. The Hall–Kier alpha value is -4.40. The van der Waals surface area contributed by atoms with Gasteiger partial charge in [-0.25, -0.2) is 4.99 Å². The van der Waals surface area contributed by atoms with Crippen LogP contribution in [0.2, 0.25) is 0 Å². The number of aldehydes is 1. The molecule has 0 aliphatic carbocycles. The summed E-state index contributed by atoms with van der Waals surface area (Å²) in [5, 5.41) is 14.8. The van der Waals surface area contributed by atoms with Crippen LogP contribution in [0.1, 0.15) is 16.1 Å². The second kappa shape index (κ2) is 9.20. The van der Waals surface area contributed by atoms with Crippen molar-refractivity contribution in [2.24, 2.45) is 10.7 Å². The van der Waals surface area contributed by atoms with E-state index in [1.54, 1.807) is 54.7 Å². The number of carbonyl (C=O) groups is 3. The van der Waals surface area contributed by atoms with Crippen LogP contribution in [0.25, 0.3) is 10.8 Å². The second-order valence-corrected chi connectivity index (χ2v) is 6.27. The summed E-state index contributed by atoms with van der Waals surface area (Å²) < 4.78 is 0. The Balaban J connectivity index is 1.67.